The summed E-state index contributed by atoms with van der Waals surface area (Å²) in [7, 11) is 2.11. The highest BCUT2D eigenvalue weighted by Crippen LogP contribution is 2.16. The third-order valence-corrected chi connectivity index (χ3v) is 3.96. The first-order valence-corrected chi connectivity index (χ1v) is 7.66. The molecule has 7 heteroatoms. The van der Waals surface area contributed by atoms with Gasteiger partial charge in [0.05, 0.1) is 0 Å². The van der Waals surface area contributed by atoms with Gasteiger partial charge in [0.2, 0.25) is 11.9 Å². The number of benzene rings is 1. The van der Waals surface area contributed by atoms with Crippen LogP contribution < -0.4 is 10.6 Å². The van der Waals surface area contributed by atoms with Crippen molar-refractivity contribution in [3.8, 4) is 0 Å². The Kier molecular flexibility index (Phi) is 4.40. The van der Waals surface area contributed by atoms with E-state index in [-0.39, 0.29) is 5.95 Å². The van der Waals surface area contributed by atoms with Gasteiger partial charge in [-0.3, -0.25) is 0 Å². The maximum Gasteiger partial charge on any atom is 0.230 e. The van der Waals surface area contributed by atoms with Crippen LogP contribution in [0.5, 0.6) is 0 Å². The van der Waals surface area contributed by atoms with Crippen molar-refractivity contribution in [1.82, 2.24) is 19.9 Å². The number of likely N-dealkylation sites (N-methyl/N-ethyl adjacent to an activating group) is 1. The van der Waals surface area contributed by atoms with Gasteiger partial charge in [-0.15, -0.1) is 0 Å². The van der Waals surface area contributed by atoms with Crippen molar-refractivity contribution in [1.29, 1.82) is 0 Å². The third-order valence-electron chi connectivity index (χ3n) is 3.72. The molecule has 1 aromatic heterocycles. The first-order chi connectivity index (χ1) is 10.6. The van der Waals surface area contributed by atoms with Crippen molar-refractivity contribution < 1.29 is 0 Å². The summed E-state index contributed by atoms with van der Waals surface area (Å²) in [5.74, 6) is 1.60. The number of hydrogen-bond donors (Lipinski definition) is 1. The topological polar surface area (TPSA) is 71.2 Å². The lowest BCUT2D eigenvalue weighted by atomic mass is 10.1. The van der Waals surface area contributed by atoms with Gasteiger partial charge in [0.25, 0.3) is 0 Å². The molecule has 0 atom stereocenters. The molecule has 0 unspecified atom stereocenters. The number of nitrogens with zero attached hydrogens (tertiary/aromatic N) is 5. The summed E-state index contributed by atoms with van der Waals surface area (Å²) >= 11 is 6.02. The van der Waals surface area contributed by atoms with Crippen LogP contribution in [0, 0.1) is 0 Å². The lowest BCUT2D eigenvalue weighted by Crippen LogP contribution is -2.45. The molecule has 2 N–H and O–H groups in total. The van der Waals surface area contributed by atoms with Gasteiger partial charge in [-0.25, -0.2) is 0 Å². The van der Waals surface area contributed by atoms with Crippen molar-refractivity contribution in [2.75, 3.05) is 43.9 Å². The molecule has 1 aliphatic rings. The summed E-state index contributed by atoms with van der Waals surface area (Å²) in [6.07, 6.45) is 0.591. The van der Waals surface area contributed by atoms with Gasteiger partial charge in [-0.05, 0) is 24.7 Å². The van der Waals surface area contributed by atoms with Gasteiger partial charge in [0, 0.05) is 37.6 Å². The normalized spacial score (nSPS) is 16.0. The Bertz CT molecular complexity index is 654. The van der Waals surface area contributed by atoms with Crippen molar-refractivity contribution in [3.63, 3.8) is 0 Å². The lowest BCUT2D eigenvalue weighted by Gasteiger charge is -2.32. The highest BCUT2D eigenvalue weighted by Gasteiger charge is 2.18. The fourth-order valence-electron chi connectivity index (χ4n) is 2.48. The van der Waals surface area contributed by atoms with E-state index in [1.54, 1.807) is 0 Å². The van der Waals surface area contributed by atoms with E-state index in [1.165, 1.54) is 0 Å². The predicted molar refractivity (Wildman–Crippen MR) is 88.2 cm³/mol. The van der Waals surface area contributed by atoms with Gasteiger partial charge in [-0.1, -0.05) is 23.7 Å². The molecule has 22 heavy (non-hydrogen) atoms. The van der Waals surface area contributed by atoms with E-state index in [0.717, 1.165) is 31.7 Å². The monoisotopic (exact) mass is 318 g/mol. The average Bonchev–Trinajstić information content (AvgIpc) is 2.47. The van der Waals surface area contributed by atoms with Crippen LogP contribution in [0.15, 0.2) is 24.3 Å². The Hall–Kier alpha value is -1.92. The number of nitrogen functional groups attached to an aromatic ring is 1. The number of hydrogen-bond acceptors (Lipinski definition) is 6. The van der Waals surface area contributed by atoms with Crippen molar-refractivity contribution in [2.45, 2.75) is 6.42 Å². The van der Waals surface area contributed by atoms with E-state index in [9.17, 15) is 0 Å². The minimum absolute atomic E-state index is 0.265. The first kappa shape index (κ1) is 15.0. The minimum Gasteiger partial charge on any atom is -0.368 e. The van der Waals surface area contributed by atoms with E-state index < -0.39 is 0 Å². The van der Waals surface area contributed by atoms with Crippen LogP contribution >= 0.6 is 11.6 Å². The van der Waals surface area contributed by atoms with Crippen LogP contribution in [0.1, 0.15) is 11.4 Å². The van der Waals surface area contributed by atoms with Gasteiger partial charge in [-0.2, -0.15) is 15.0 Å². The summed E-state index contributed by atoms with van der Waals surface area (Å²) in [6, 6.07) is 7.69. The molecule has 2 heterocycles. The van der Waals surface area contributed by atoms with Crippen LogP contribution in [0.2, 0.25) is 5.02 Å². The summed E-state index contributed by atoms with van der Waals surface area (Å²) in [6.45, 7) is 3.79. The van der Waals surface area contributed by atoms with Crippen LogP contribution in [-0.2, 0) is 6.42 Å². The molecule has 1 fully saturated rings. The molecular formula is C15H19ClN6. The number of rotatable bonds is 3. The van der Waals surface area contributed by atoms with Crippen LogP contribution in [0.3, 0.4) is 0 Å². The standard InChI is InChI=1S/C15H19ClN6/c1-21-5-7-22(8-6-21)15-19-13(18-14(17)20-15)10-11-3-2-4-12(16)9-11/h2-4,9H,5-8,10H2,1H3,(H2,17,18,19,20). The zero-order valence-electron chi connectivity index (χ0n) is 12.5. The molecule has 0 spiro atoms. The molecule has 0 aliphatic carbocycles. The van der Waals surface area contributed by atoms with E-state index in [0.29, 0.717) is 23.2 Å². The van der Waals surface area contributed by atoms with Gasteiger partial charge in [0.15, 0.2) is 0 Å². The average molecular weight is 319 g/mol. The largest absolute Gasteiger partial charge is 0.368 e. The molecule has 0 radical (unpaired) electrons. The van der Waals surface area contributed by atoms with Crippen molar-refractivity contribution in [3.05, 3.63) is 40.7 Å². The van der Waals surface area contributed by atoms with Crippen molar-refractivity contribution >= 4 is 23.5 Å². The van der Waals surface area contributed by atoms with Gasteiger partial charge < -0.3 is 15.5 Å². The van der Waals surface area contributed by atoms with E-state index in [2.05, 4.69) is 31.8 Å². The fourth-order valence-corrected chi connectivity index (χ4v) is 2.69. The Morgan fingerprint density at radius 2 is 1.91 bits per heavy atom. The Labute approximate surface area is 134 Å². The summed E-state index contributed by atoms with van der Waals surface area (Å²) < 4.78 is 0. The molecule has 116 valence electrons. The highest BCUT2D eigenvalue weighted by molar-refractivity contribution is 6.30. The molecule has 1 saturated heterocycles. The second-order valence-corrected chi connectivity index (χ2v) is 5.94. The minimum atomic E-state index is 0.265. The molecule has 0 saturated carbocycles. The molecule has 1 aliphatic heterocycles. The third kappa shape index (κ3) is 3.64. The molecule has 6 nitrogen and oxygen atoms in total. The lowest BCUT2D eigenvalue weighted by molar-refractivity contribution is 0.311. The summed E-state index contributed by atoms with van der Waals surface area (Å²) in [5.41, 5.74) is 6.91. The highest BCUT2D eigenvalue weighted by atomic mass is 35.5. The molecule has 0 amide bonds. The number of halogens is 1. The fraction of sp³-hybridized carbons (Fsp3) is 0.400. The predicted octanol–water partition coefficient (Wildman–Crippen LogP) is 1.45. The molecule has 0 bridgehead atoms. The van der Waals surface area contributed by atoms with E-state index >= 15 is 0 Å². The summed E-state index contributed by atoms with van der Waals surface area (Å²) in [4.78, 5) is 17.5. The van der Waals surface area contributed by atoms with E-state index in [1.807, 2.05) is 24.3 Å². The smallest absolute Gasteiger partial charge is 0.230 e. The number of piperazine rings is 1. The Morgan fingerprint density at radius 1 is 1.14 bits per heavy atom. The molecule has 3 rings (SSSR count). The van der Waals surface area contributed by atoms with Crippen molar-refractivity contribution in [2.24, 2.45) is 0 Å². The molecule has 2 aromatic rings. The second-order valence-electron chi connectivity index (χ2n) is 5.51. The maximum absolute atomic E-state index is 6.02. The maximum atomic E-state index is 6.02. The second kappa shape index (κ2) is 6.46. The van der Waals surface area contributed by atoms with Crippen LogP contribution in [0.4, 0.5) is 11.9 Å². The summed E-state index contributed by atoms with van der Waals surface area (Å²) in [5, 5.41) is 0.707. The van der Waals surface area contributed by atoms with Gasteiger partial charge >= 0.3 is 0 Å². The number of aromatic nitrogens is 3. The molecule has 1 aromatic carbocycles. The quantitative estimate of drug-likeness (QED) is 0.923. The Morgan fingerprint density at radius 3 is 2.64 bits per heavy atom. The van der Waals surface area contributed by atoms with E-state index in [4.69, 9.17) is 17.3 Å². The first-order valence-electron chi connectivity index (χ1n) is 7.28. The SMILES string of the molecule is CN1CCN(c2nc(N)nc(Cc3cccc(Cl)c3)n2)CC1. The Balaban J connectivity index is 1.80. The zero-order valence-corrected chi connectivity index (χ0v) is 13.3. The van der Waals surface area contributed by atoms with Crippen LogP contribution in [0.25, 0.3) is 0 Å². The molecular weight excluding hydrogens is 300 g/mol. The number of anilines is 2. The van der Waals surface area contributed by atoms with Crippen LogP contribution in [-0.4, -0.2) is 53.1 Å². The number of nitrogens with two attached hydrogens (primary N) is 1. The zero-order chi connectivity index (χ0) is 15.5. The van der Waals surface area contributed by atoms with Gasteiger partial charge in [0.1, 0.15) is 5.82 Å².